The van der Waals surface area contributed by atoms with Crippen LogP contribution in [0, 0.1) is 0 Å². The summed E-state index contributed by atoms with van der Waals surface area (Å²) in [6.07, 6.45) is 1.28. The summed E-state index contributed by atoms with van der Waals surface area (Å²) >= 11 is 0. The highest BCUT2D eigenvalue weighted by Crippen LogP contribution is 1.97. The molecule has 0 amide bonds. The molecule has 0 unspecified atom stereocenters. The van der Waals surface area contributed by atoms with Gasteiger partial charge in [-0.3, -0.25) is 0 Å². The predicted octanol–water partition coefficient (Wildman–Crippen LogP) is 0.0852. The Bertz CT molecular complexity index is 148. The predicted molar refractivity (Wildman–Crippen MR) is 23.7 cm³/mol. The van der Waals surface area contributed by atoms with Crippen molar-refractivity contribution in [3.05, 3.63) is 12.2 Å². The van der Waals surface area contributed by atoms with Crippen LogP contribution >= 0.6 is 0 Å². The Morgan fingerprint density at radius 2 is 2.57 bits per heavy atom. The Morgan fingerprint density at radius 1 is 1.86 bits per heavy atom. The lowest BCUT2D eigenvalue weighted by atomic mass is 10.4. The second-order valence-electron chi connectivity index (χ2n) is 1.14. The average Bonchev–Trinajstić information content (AvgIpc) is 1.91. The maximum Gasteiger partial charge on any atom is 0.366 e. The van der Waals surface area contributed by atoms with Gasteiger partial charge in [0.25, 0.3) is 0 Å². The molecule has 0 saturated carbocycles. The molecule has 0 saturated heterocycles. The number of carbonyl (C=O) groups excluding carboxylic acids is 1. The molecule has 0 spiro atoms. The minimum absolute atomic E-state index is 0.306. The van der Waals surface area contributed by atoms with Gasteiger partial charge in [-0.05, 0) is 0 Å². The quantitative estimate of drug-likeness (QED) is 0.317. The molecule has 3 heteroatoms. The second-order valence-corrected chi connectivity index (χ2v) is 1.14. The lowest BCUT2D eigenvalue weighted by Crippen LogP contribution is -1.93. The maximum atomic E-state index is 10.1. The maximum absolute atomic E-state index is 10.1. The van der Waals surface area contributed by atoms with E-state index < -0.39 is 5.97 Å². The third-order valence-corrected chi connectivity index (χ3v) is 0.606. The Morgan fingerprint density at radius 3 is 2.71 bits per heavy atom. The molecule has 1 aliphatic rings. The molecule has 0 N–H and O–H groups in total. The highest BCUT2D eigenvalue weighted by molar-refractivity contribution is 6.11. The number of nitrogens with zero attached hydrogens (tertiary/aromatic N) is 1. The fourth-order valence-electron chi connectivity index (χ4n) is 0.249. The first-order chi connectivity index (χ1) is 3.30. The van der Waals surface area contributed by atoms with Gasteiger partial charge in [0.05, 0.1) is 11.8 Å². The van der Waals surface area contributed by atoms with Crippen molar-refractivity contribution < 1.29 is 9.63 Å². The van der Waals surface area contributed by atoms with Crippen LogP contribution in [0.25, 0.3) is 0 Å². The number of carbonyl (C=O) groups is 1. The molecule has 7 heavy (non-hydrogen) atoms. The van der Waals surface area contributed by atoms with Crippen molar-refractivity contribution >= 4 is 12.2 Å². The molecule has 1 rings (SSSR count). The van der Waals surface area contributed by atoms with Crippen molar-refractivity contribution in [2.75, 3.05) is 0 Å². The van der Waals surface area contributed by atoms with Gasteiger partial charge in [0.15, 0.2) is 0 Å². The first kappa shape index (κ1) is 4.05. The molecule has 0 bridgehead atoms. The molecule has 0 atom stereocenters. The molecule has 0 aromatic rings. The zero-order valence-electron chi connectivity index (χ0n) is 3.55. The molecular formula is C4H3NO2. The first-order valence-corrected chi connectivity index (χ1v) is 1.74. The fraction of sp³-hybridized carbons (Fsp3) is 0. The summed E-state index contributed by atoms with van der Waals surface area (Å²) < 4.78 is 0. The molecular weight excluding hydrogens is 94.0 g/mol. The van der Waals surface area contributed by atoms with Gasteiger partial charge in [0.2, 0.25) is 0 Å². The highest BCUT2D eigenvalue weighted by atomic mass is 16.7. The van der Waals surface area contributed by atoms with Crippen LogP contribution in [0.2, 0.25) is 0 Å². The van der Waals surface area contributed by atoms with Crippen molar-refractivity contribution in [1.82, 2.24) is 0 Å². The Kier molecular flexibility index (Phi) is 0.685. The van der Waals surface area contributed by atoms with E-state index in [-0.39, 0.29) is 0 Å². The minimum Gasteiger partial charge on any atom is -0.313 e. The van der Waals surface area contributed by atoms with E-state index in [1.807, 2.05) is 0 Å². The van der Waals surface area contributed by atoms with Crippen LogP contribution in [0.4, 0.5) is 0 Å². The second kappa shape index (κ2) is 1.18. The van der Waals surface area contributed by atoms with Gasteiger partial charge in [0, 0.05) is 0 Å². The highest BCUT2D eigenvalue weighted by Gasteiger charge is 2.10. The normalized spacial score (nSPS) is 17.7. The number of rotatable bonds is 0. The van der Waals surface area contributed by atoms with Crippen molar-refractivity contribution in [2.24, 2.45) is 5.16 Å². The summed E-state index contributed by atoms with van der Waals surface area (Å²) in [5.41, 5.74) is 0.306. The van der Waals surface area contributed by atoms with Crippen molar-refractivity contribution in [2.45, 2.75) is 0 Å². The summed E-state index contributed by atoms with van der Waals surface area (Å²) in [5, 5.41) is 3.17. The van der Waals surface area contributed by atoms with Gasteiger partial charge >= 0.3 is 5.97 Å². The van der Waals surface area contributed by atoms with E-state index in [4.69, 9.17) is 0 Å². The summed E-state index contributed by atoms with van der Waals surface area (Å²) in [7, 11) is 0. The standard InChI is InChI=1S/C4H3NO2/c1-3-2-5-7-4(3)6/h2H,1H2. The number of oxime groups is 1. The summed E-state index contributed by atoms with van der Waals surface area (Å²) in [5.74, 6) is -0.458. The molecule has 3 nitrogen and oxygen atoms in total. The SMILES string of the molecule is C=C1C=NOC1=O. The zero-order chi connectivity index (χ0) is 5.28. The first-order valence-electron chi connectivity index (χ1n) is 1.74. The molecule has 0 fully saturated rings. The average molecular weight is 97.1 g/mol. The minimum atomic E-state index is -0.458. The monoisotopic (exact) mass is 97.0 g/mol. The van der Waals surface area contributed by atoms with Gasteiger partial charge in [-0.2, -0.15) is 0 Å². The van der Waals surface area contributed by atoms with Crippen LogP contribution in [0.3, 0.4) is 0 Å². The lowest BCUT2D eigenvalue weighted by molar-refractivity contribution is -0.136. The van der Waals surface area contributed by atoms with Gasteiger partial charge in [0.1, 0.15) is 0 Å². The van der Waals surface area contributed by atoms with E-state index in [9.17, 15) is 4.79 Å². The van der Waals surface area contributed by atoms with E-state index in [0.29, 0.717) is 5.57 Å². The number of hydrogen-bond donors (Lipinski definition) is 0. The van der Waals surface area contributed by atoms with Crippen LogP contribution in [0.15, 0.2) is 17.3 Å². The van der Waals surface area contributed by atoms with E-state index in [2.05, 4.69) is 16.6 Å². The van der Waals surface area contributed by atoms with E-state index >= 15 is 0 Å². The van der Waals surface area contributed by atoms with Crippen LogP contribution in [0.5, 0.6) is 0 Å². The topological polar surface area (TPSA) is 38.7 Å². The van der Waals surface area contributed by atoms with Gasteiger partial charge < -0.3 is 4.84 Å². The lowest BCUT2D eigenvalue weighted by Gasteiger charge is -1.78. The molecule has 0 aromatic carbocycles. The Labute approximate surface area is 40.3 Å². The van der Waals surface area contributed by atoms with Crippen LogP contribution in [-0.2, 0) is 9.63 Å². The molecule has 0 aliphatic carbocycles. The van der Waals surface area contributed by atoms with Crippen LogP contribution in [0.1, 0.15) is 0 Å². The molecule has 0 aromatic heterocycles. The smallest absolute Gasteiger partial charge is 0.313 e. The van der Waals surface area contributed by atoms with Gasteiger partial charge in [-0.1, -0.05) is 11.7 Å². The molecule has 36 valence electrons. The van der Waals surface area contributed by atoms with E-state index in [1.54, 1.807) is 0 Å². The third-order valence-electron chi connectivity index (χ3n) is 0.606. The van der Waals surface area contributed by atoms with Crippen molar-refractivity contribution in [3.63, 3.8) is 0 Å². The summed E-state index contributed by atoms with van der Waals surface area (Å²) in [6, 6.07) is 0. The Hall–Kier alpha value is -1.12. The van der Waals surface area contributed by atoms with Crippen LogP contribution < -0.4 is 0 Å². The molecule has 1 heterocycles. The van der Waals surface area contributed by atoms with Crippen LogP contribution in [-0.4, -0.2) is 12.2 Å². The molecule has 1 aliphatic heterocycles. The zero-order valence-corrected chi connectivity index (χ0v) is 3.55. The van der Waals surface area contributed by atoms with Gasteiger partial charge in [-0.25, -0.2) is 4.79 Å². The Balaban J connectivity index is 2.81. The fourth-order valence-corrected chi connectivity index (χ4v) is 0.249. The number of hydrogen-bond acceptors (Lipinski definition) is 3. The molecule has 0 radical (unpaired) electrons. The summed E-state index contributed by atoms with van der Waals surface area (Å²) in [4.78, 5) is 14.2. The summed E-state index contributed by atoms with van der Waals surface area (Å²) in [6.45, 7) is 3.31. The third kappa shape index (κ3) is 0.513. The van der Waals surface area contributed by atoms with Crippen molar-refractivity contribution in [1.29, 1.82) is 0 Å². The van der Waals surface area contributed by atoms with Gasteiger partial charge in [-0.15, -0.1) is 0 Å². The van der Waals surface area contributed by atoms with Crippen molar-refractivity contribution in [3.8, 4) is 0 Å². The van der Waals surface area contributed by atoms with E-state index in [0.717, 1.165) is 0 Å². The van der Waals surface area contributed by atoms with E-state index in [1.165, 1.54) is 6.21 Å². The largest absolute Gasteiger partial charge is 0.366 e.